The number of aromatic amines is 1. The number of hydrogen-bond acceptors (Lipinski definition) is 2. The summed E-state index contributed by atoms with van der Waals surface area (Å²) in [7, 11) is 0. The third-order valence-electron chi connectivity index (χ3n) is 5.00. The fraction of sp³-hybridized carbons (Fsp3) is 0.733. The number of carbonyl (C=O) groups excluding carboxylic acids is 1. The predicted octanol–water partition coefficient (Wildman–Crippen LogP) is 3.23. The van der Waals surface area contributed by atoms with E-state index in [9.17, 15) is 4.79 Å². The Hall–Kier alpha value is -1.12. The van der Waals surface area contributed by atoms with Crippen molar-refractivity contribution in [1.82, 2.24) is 9.97 Å². The highest BCUT2D eigenvalue weighted by atomic mass is 16.1. The zero-order valence-corrected chi connectivity index (χ0v) is 11.1. The van der Waals surface area contributed by atoms with Gasteiger partial charge in [-0.1, -0.05) is 19.3 Å². The van der Waals surface area contributed by atoms with Gasteiger partial charge in [-0.15, -0.1) is 0 Å². The molecule has 3 rings (SSSR count). The van der Waals surface area contributed by atoms with Crippen LogP contribution in [0.2, 0.25) is 0 Å². The topological polar surface area (TPSA) is 45.8 Å². The Kier molecular flexibility index (Phi) is 3.00. The Morgan fingerprint density at radius 2 is 1.89 bits per heavy atom. The van der Waals surface area contributed by atoms with Gasteiger partial charge in [0.15, 0.2) is 0 Å². The molecule has 3 nitrogen and oxygen atoms in total. The number of aromatic nitrogens is 2. The molecule has 0 aliphatic heterocycles. The highest BCUT2D eigenvalue weighted by Crippen LogP contribution is 2.55. The number of nitrogens with one attached hydrogen (secondary N) is 1. The Balaban J connectivity index is 2.03. The normalized spacial score (nSPS) is 24.7. The molecule has 3 heteroatoms. The minimum atomic E-state index is -0.253. The lowest BCUT2D eigenvalue weighted by Crippen LogP contribution is -2.45. The Morgan fingerprint density at radius 1 is 1.22 bits per heavy atom. The largest absolute Gasteiger partial charge is 0.348 e. The quantitative estimate of drug-likeness (QED) is 0.886. The second-order valence-corrected chi connectivity index (χ2v) is 6.00. The van der Waals surface area contributed by atoms with Crippen LogP contribution in [0.25, 0.3) is 0 Å². The van der Waals surface area contributed by atoms with Gasteiger partial charge in [0, 0.05) is 11.9 Å². The first-order valence-corrected chi connectivity index (χ1v) is 7.26. The third kappa shape index (κ3) is 1.72. The molecule has 98 valence electrons. The van der Waals surface area contributed by atoms with Gasteiger partial charge in [-0.3, -0.25) is 4.79 Å². The van der Waals surface area contributed by atoms with E-state index in [4.69, 9.17) is 0 Å². The second-order valence-electron chi connectivity index (χ2n) is 6.00. The summed E-state index contributed by atoms with van der Waals surface area (Å²) < 4.78 is 0. The first kappa shape index (κ1) is 11.9. The van der Waals surface area contributed by atoms with E-state index in [1.54, 1.807) is 13.3 Å². The number of imidazole rings is 1. The summed E-state index contributed by atoms with van der Waals surface area (Å²) in [5, 5.41) is 0. The molecule has 0 bridgehead atoms. The van der Waals surface area contributed by atoms with Gasteiger partial charge in [0.1, 0.15) is 5.78 Å². The van der Waals surface area contributed by atoms with E-state index in [0.29, 0.717) is 17.6 Å². The first-order chi connectivity index (χ1) is 8.76. The van der Waals surface area contributed by atoms with E-state index in [0.717, 1.165) is 5.69 Å². The highest BCUT2D eigenvalue weighted by molar-refractivity contribution is 5.88. The summed E-state index contributed by atoms with van der Waals surface area (Å²) in [6, 6.07) is 0. The fourth-order valence-corrected chi connectivity index (χ4v) is 4.12. The molecule has 2 saturated carbocycles. The van der Waals surface area contributed by atoms with Gasteiger partial charge in [-0.2, -0.15) is 0 Å². The van der Waals surface area contributed by atoms with Crippen molar-refractivity contribution in [2.24, 2.45) is 11.8 Å². The molecule has 0 saturated heterocycles. The summed E-state index contributed by atoms with van der Waals surface area (Å²) in [5.41, 5.74) is 0.820. The highest BCUT2D eigenvalue weighted by Gasteiger charge is 2.55. The molecule has 1 aromatic heterocycles. The molecule has 2 fully saturated rings. The van der Waals surface area contributed by atoms with Crippen LogP contribution in [-0.4, -0.2) is 15.8 Å². The summed E-state index contributed by atoms with van der Waals surface area (Å²) in [4.78, 5) is 19.9. The van der Waals surface area contributed by atoms with Crippen LogP contribution in [0.4, 0.5) is 0 Å². The molecule has 1 heterocycles. The van der Waals surface area contributed by atoms with Crippen molar-refractivity contribution in [2.45, 2.75) is 57.3 Å². The zero-order valence-electron chi connectivity index (χ0n) is 11.1. The molecule has 0 radical (unpaired) electrons. The van der Waals surface area contributed by atoms with Gasteiger partial charge in [0.25, 0.3) is 0 Å². The number of nitrogens with zero attached hydrogens (tertiary/aromatic N) is 1. The molecular weight excluding hydrogens is 224 g/mol. The average Bonchev–Trinajstić information content (AvgIpc) is 3.07. The van der Waals surface area contributed by atoms with Crippen molar-refractivity contribution in [3.8, 4) is 0 Å². The monoisotopic (exact) mass is 246 g/mol. The third-order valence-corrected chi connectivity index (χ3v) is 5.00. The lowest BCUT2D eigenvalue weighted by atomic mass is 9.62. The number of carbonyl (C=O) groups is 1. The van der Waals surface area contributed by atoms with Crippen molar-refractivity contribution in [2.75, 3.05) is 0 Å². The fourth-order valence-electron chi connectivity index (χ4n) is 4.12. The maximum Gasteiger partial charge on any atom is 0.142 e. The lowest BCUT2D eigenvalue weighted by molar-refractivity contribution is -0.126. The van der Waals surface area contributed by atoms with Crippen LogP contribution in [0.1, 0.15) is 57.6 Å². The number of Topliss-reactive ketones (excluding diaryl/α,β-unsaturated/α-hetero) is 1. The van der Waals surface area contributed by atoms with Crippen LogP contribution in [0.5, 0.6) is 0 Å². The van der Waals surface area contributed by atoms with E-state index >= 15 is 0 Å². The van der Waals surface area contributed by atoms with Crippen LogP contribution in [0, 0.1) is 11.8 Å². The van der Waals surface area contributed by atoms with Crippen LogP contribution >= 0.6 is 0 Å². The molecule has 2 aliphatic rings. The van der Waals surface area contributed by atoms with E-state index in [1.165, 1.54) is 44.9 Å². The SMILES string of the molecule is CC(=O)[C@@](c1cnc[nH]1)(C1CCCCC1)C1CC1. The molecule has 2 aliphatic carbocycles. The smallest absolute Gasteiger partial charge is 0.142 e. The van der Waals surface area contributed by atoms with Crippen molar-refractivity contribution in [3.05, 3.63) is 18.2 Å². The van der Waals surface area contributed by atoms with Crippen LogP contribution < -0.4 is 0 Å². The predicted molar refractivity (Wildman–Crippen MR) is 70.2 cm³/mol. The second kappa shape index (κ2) is 4.52. The Bertz CT molecular complexity index is 416. The molecule has 0 aromatic carbocycles. The van der Waals surface area contributed by atoms with Gasteiger partial charge in [0.05, 0.1) is 11.7 Å². The summed E-state index contributed by atoms with van der Waals surface area (Å²) in [6.45, 7) is 1.79. The van der Waals surface area contributed by atoms with E-state index in [-0.39, 0.29) is 5.41 Å². The molecule has 0 unspecified atom stereocenters. The maximum absolute atomic E-state index is 12.5. The molecule has 0 spiro atoms. The van der Waals surface area contributed by atoms with Gasteiger partial charge >= 0.3 is 0 Å². The van der Waals surface area contributed by atoms with Crippen molar-refractivity contribution >= 4 is 5.78 Å². The number of ketones is 1. The molecule has 18 heavy (non-hydrogen) atoms. The minimum absolute atomic E-state index is 0.253. The van der Waals surface area contributed by atoms with Gasteiger partial charge in [0.2, 0.25) is 0 Å². The maximum atomic E-state index is 12.5. The summed E-state index contributed by atoms with van der Waals surface area (Å²) >= 11 is 0. The van der Waals surface area contributed by atoms with Gasteiger partial charge < -0.3 is 4.98 Å². The van der Waals surface area contributed by atoms with Crippen LogP contribution in [0.15, 0.2) is 12.5 Å². The van der Waals surface area contributed by atoms with Crippen molar-refractivity contribution in [3.63, 3.8) is 0 Å². The number of H-pyrrole nitrogens is 1. The summed E-state index contributed by atoms with van der Waals surface area (Å²) in [5.74, 6) is 1.43. The zero-order chi connectivity index (χ0) is 12.6. The van der Waals surface area contributed by atoms with Gasteiger partial charge in [-0.25, -0.2) is 4.98 Å². The molecule has 1 atom stereocenters. The molecule has 1 aromatic rings. The molecular formula is C15H22N2O. The van der Waals surface area contributed by atoms with E-state index in [1.807, 2.05) is 6.20 Å². The van der Waals surface area contributed by atoms with Gasteiger partial charge in [-0.05, 0) is 44.4 Å². The Morgan fingerprint density at radius 3 is 2.39 bits per heavy atom. The van der Waals surface area contributed by atoms with E-state index in [2.05, 4.69) is 9.97 Å². The average molecular weight is 246 g/mol. The summed E-state index contributed by atoms with van der Waals surface area (Å²) in [6.07, 6.45) is 12.3. The Labute approximate surface area is 108 Å². The lowest BCUT2D eigenvalue weighted by Gasteiger charge is -2.40. The first-order valence-electron chi connectivity index (χ1n) is 7.26. The number of hydrogen-bond donors (Lipinski definition) is 1. The number of rotatable bonds is 4. The minimum Gasteiger partial charge on any atom is -0.348 e. The standard InChI is InChI=1S/C15H22N2O/c1-11(18)15(13-7-8-13,14-9-16-10-17-14)12-5-3-2-4-6-12/h9-10,12-13H,2-8H2,1H3,(H,16,17)/t15-/m1/s1. The van der Waals surface area contributed by atoms with E-state index < -0.39 is 0 Å². The van der Waals surface area contributed by atoms with Crippen LogP contribution in [-0.2, 0) is 10.2 Å². The van der Waals surface area contributed by atoms with Crippen molar-refractivity contribution in [1.29, 1.82) is 0 Å². The van der Waals surface area contributed by atoms with Crippen molar-refractivity contribution < 1.29 is 4.79 Å². The van der Waals surface area contributed by atoms with Crippen LogP contribution in [0.3, 0.4) is 0 Å². The molecule has 0 amide bonds. The molecule has 1 N–H and O–H groups in total.